The van der Waals surface area contributed by atoms with Crippen LogP contribution in [0.2, 0.25) is 0 Å². The van der Waals surface area contributed by atoms with Crippen molar-refractivity contribution in [2.75, 3.05) is 18.2 Å². The Labute approximate surface area is 140 Å². The lowest BCUT2D eigenvalue weighted by Crippen LogP contribution is -2.20. The number of ketones is 1. The standard InChI is InChI=1S/C18H19NO3S/c1-13(18(21)14-8-4-3-5-9-14)23-12-17(20)19-15-10-6-7-11-16(15)22-2/h3-11,13H,12H2,1-2H3,(H,19,20). The second kappa shape index (κ2) is 8.39. The van der Waals surface area contributed by atoms with E-state index in [4.69, 9.17) is 4.74 Å². The fourth-order valence-corrected chi connectivity index (χ4v) is 2.81. The van der Waals surface area contributed by atoms with Gasteiger partial charge in [0.2, 0.25) is 5.91 Å². The van der Waals surface area contributed by atoms with E-state index in [1.54, 1.807) is 31.4 Å². The van der Waals surface area contributed by atoms with E-state index < -0.39 is 0 Å². The van der Waals surface area contributed by atoms with Crippen LogP contribution in [0.15, 0.2) is 54.6 Å². The Kier molecular flexibility index (Phi) is 6.23. The number of hydrogen-bond donors (Lipinski definition) is 1. The molecule has 5 heteroatoms. The quantitative estimate of drug-likeness (QED) is 0.788. The summed E-state index contributed by atoms with van der Waals surface area (Å²) in [5.41, 5.74) is 1.29. The summed E-state index contributed by atoms with van der Waals surface area (Å²) in [5.74, 6) is 0.685. The minimum absolute atomic E-state index is 0.0284. The van der Waals surface area contributed by atoms with Crippen LogP contribution in [0.4, 0.5) is 5.69 Å². The number of carbonyl (C=O) groups is 2. The number of benzene rings is 2. The van der Waals surface area contributed by atoms with Crippen LogP contribution in [0, 0.1) is 0 Å². The summed E-state index contributed by atoms with van der Waals surface area (Å²) >= 11 is 1.32. The van der Waals surface area contributed by atoms with Gasteiger partial charge in [-0.25, -0.2) is 0 Å². The van der Waals surface area contributed by atoms with Gasteiger partial charge in [0, 0.05) is 5.56 Å². The number of ether oxygens (including phenoxy) is 1. The molecule has 0 aromatic heterocycles. The van der Waals surface area contributed by atoms with Crippen molar-refractivity contribution in [1.29, 1.82) is 0 Å². The van der Waals surface area contributed by atoms with Crippen LogP contribution in [0.25, 0.3) is 0 Å². The minimum Gasteiger partial charge on any atom is -0.495 e. The molecule has 0 radical (unpaired) electrons. The molecule has 2 aromatic rings. The van der Waals surface area contributed by atoms with Crippen molar-refractivity contribution in [3.05, 3.63) is 60.2 Å². The number of rotatable bonds is 7. The van der Waals surface area contributed by atoms with Gasteiger partial charge in [-0.1, -0.05) is 42.5 Å². The molecule has 0 heterocycles. The lowest BCUT2D eigenvalue weighted by Gasteiger charge is -2.12. The molecule has 0 spiro atoms. The molecule has 1 atom stereocenters. The molecule has 0 bridgehead atoms. The van der Waals surface area contributed by atoms with Gasteiger partial charge in [0.05, 0.1) is 23.8 Å². The van der Waals surface area contributed by atoms with Crippen molar-refractivity contribution < 1.29 is 14.3 Å². The zero-order chi connectivity index (χ0) is 16.7. The molecular weight excluding hydrogens is 310 g/mol. The third-order valence-corrected chi connectivity index (χ3v) is 4.42. The molecule has 1 amide bonds. The number of carbonyl (C=O) groups excluding carboxylic acids is 2. The van der Waals surface area contributed by atoms with E-state index >= 15 is 0 Å². The molecule has 0 saturated heterocycles. The topological polar surface area (TPSA) is 55.4 Å². The smallest absolute Gasteiger partial charge is 0.234 e. The van der Waals surface area contributed by atoms with E-state index in [0.29, 0.717) is 17.0 Å². The van der Waals surface area contributed by atoms with Crippen molar-refractivity contribution in [2.45, 2.75) is 12.2 Å². The van der Waals surface area contributed by atoms with Gasteiger partial charge in [0.25, 0.3) is 0 Å². The summed E-state index contributed by atoms with van der Waals surface area (Å²) < 4.78 is 5.19. The highest BCUT2D eigenvalue weighted by Crippen LogP contribution is 2.23. The van der Waals surface area contributed by atoms with Crippen molar-refractivity contribution in [2.24, 2.45) is 0 Å². The Morgan fingerprint density at radius 1 is 1.09 bits per heavy atom. The molecule has 120 valence electrons. The Bertz CT molecular complexity index is 673. The molecule has 0 saturated carbocycles. The predicted octanol–water partition coefficient (Wildman–Crippen LogP) is 3.64. The maximum atomic E-state index is 12.2. The van der Waals surface area contributed by atoms with Gasteiger partial charge in [-0.05, 0) is 19.1 Å². The van der Waals surface area contributed by atoms with E-state index in [9.17, 15) is 9.59 Å². The van der Waals surface area contributed by atoms with Crippen LogP contribution in [0.1, 0.15) is 17.3 Å². The van der Waals surface area contributed by atoms with Crippen molar-refractivity contribution >= 4 is 29.1 Å². The van der Waals surface area contributed by atoms with E-state index in [2.05, 4.69) is 5.32 Å². The average molecular weight is 329 g/mol. The minimum atomic E-state index is -0.277. The van der Waals surface area contributed by atoms with Gasteiger partial charge >= 0.3 is 0 Å². The van der Waals surface area contributed by atoms with Gasteiger partial charge in [0.1, 0.15) is 5.75 Å². The van der Waals surface area contributed by atoms with E-state index in [0.717, 1.165) is 0 Å². The number of anilines is 1. The Balaban J connectivity index is 1.88. The Morgan fingerprint density at radius 2 is 1.74 bits per heavy atom. The summed E-state index contributed by atoms with van der Waals surface area (Å²) in [6.45, 7) is 1.82. The third-order valence-electron chi connectivity index (χ3n) is 3.27. The maximum absolute atomic E-state index is 12.2. The highest BCUT2D eigenvalue weighted by Gasteiger charge is 2.17. The first-order valence-electron chi connectivity index (χ1n) is 7.25. The van der Waals surface area contributed by atoms with Crippen LogP contribution in [0.5, 0.6) is 5.75 Å². The predicted molar refractivity (Wildman–Crippen MR) is 94.3 cm³/mol. The van der Waals surface area contributed by atoms with Crippen LogP contribution in [-0.2, 0) is 4.79 Å². The molecule has 0 fully saturated rings. The monoisotopic (exact) mass is 329 g/mol. The van der Waals surface area contributed by atoms with Gasteiger partial charge < -0.3 is 10.1 Å². The number of amides is 1. The van der Waals surface area contributed by atoms with Crippen molar-refractivity contribution in [1.82, 2.24) is 0 Å². The summed E-state index contributed by atoms with van der Waals surface area (Å²) in [7, 11) is 1.56. The number of methoxy groups -OCH3 is 1. The molecule has 4 nitrogen and oxygen atoms in total. The highest BCUT2D eigenvalue weighted by atomic mass is 32.2. The highest BCUT2D eigenvalue weighted by molar-refractivity contribution is 8.01. The molecule has 0 aliphatic carbocycles. The van der Waals surface area contributed by atoms with E-state index in [-0.39, 0.29) is 22.7 Å². The number of Topliss-reactive ketones (excluding diaryl/α,β-unsaturated/α-hetero) is 1. The average Bonchev–Trinajstić information content (AvgIpc) is 2.60. The van der Waals surface area contributed by atoms with Crippen LogP contribution >= 0.6 is 11.8 Å². The number of hydrogen-bond acceptors (Lipinski definition) is 4. The fourth-order valence-electron chi connectivity index (χ4n) is 2.05. The van der Waals surface area contributed by atoms with Crippen molar-refractivity contribution in [3.8, 4) is 5.75 Å². The summed E-state index contributed by atoms with van der Waals surface area (Å²) in [6.07, 6.45) is 0. The molecule has 23 heavy (non-hydrogen) atoms. The third kappa shape index (κ3) is 4.86. The zero-order valence-electron chi connectivity index (χ0n) is 13.1. The van der Waals surface area contributed by atoms with Gasteiger partial charge in [0.15, 0.2) is 5.78 Å². The molecule has 0 aliphatic rings. The van der Waals surface area contributed by atoms with Crippen LogP contribution < -0.4 is 10.1 Å². The van der Waals surface area contributed by atoms with E-state index in [1.807, 2.05) is 37.3 Å². The molecule has 1 N–H and O–H groups in total. The molecule has 0 aliphatic heterocycles. The zero-order valence-corrected chi connectivity index (χ0v) is 13.9. The summed E-state index contributed by atoms with van der Waals surface area (Å²) in [4.78, 5) is 24.3. The second-order valence-corrected chi connectivity index (χ2v) is 6.26. The summed E-state index contributed by atoms with van der Waals surface area (Å²) in [5, 5.41) is 2.52. The van der Waals surface area contributed by atoms with Gasteiger partial charge in [-0.3, -0.25) is 9.59 Å². The van der Waals surface area contributed by atoms with Crippen LogP contribution in [0.3, 0.4) is 0 Å². The number of para-hydroxylation sites is 2. The largest absolute Gasteiger partial charge is 0.495 e. The number of thioether (sulfide) groups is 1. The Morgan fingerprint density at radius 3 is 2.43 bits per heavy atom. The molecular formula is C18H19NO3S. The Hall–Kier alpha value is -2.27. The lowest BCUT2D eigenvalue weighted by molar-refractivity contribution is -0.113. The molecule has 2 rings (SSSR count). The lowest BCUT2D eigenvalue weighted by atomic mass is 10.1. The fraction of sp³-hybridized carbons (Fsp3) is 0.222. The second-order valence-electron chi connectivity index (χ2n) is 4.93. The summed E-state index contributed by atoms with van der Waals surface area (Å²) in [6, 6.07) is 16.3. The van der Waals surface area contributed by atoms with E-state index in [1.165, 1.54) is 11.8 Å². The molecule has 2 aromatic carbocycles. The number of nitrogens with one attached hydrogen (secondary N) is 1. The first-order valence-corrected chi connectivity index (χ1v) is 8.30. The molecule has 1 unspecified atom stereocenters. The first-order chi connectivity index (χ1) is 11.1. The normalized spacial score (nSPS) is 11.6. The first kappa shape index (κ1) is 17.1. The maximum Gasteiger partial charge on any atom is 0.234 e. The SMILES string of the molecule is COc1ccccc1NC(=O)CSC(C)C(=O)c1ccccc1. The van der Waals surface area contributed by atoms with Crippen molar-refractivity contribution in [3.63, 3.8) is 0 Å². The van der Waals surface area contributed by atoms with Gasteiger partial charge in [-0.15, -0.1) is 11.8 Å². The van der Waals surface area contributed by atoms with Gasteiger partial charge in [-0.2, -0.15) is 0 Å². The van der Waals surface area contributed by atoms with Crippen LogP contribution in [-0.4, -0.2) is 29.8 Å².